The number of fused-ring (bicyclic) bond motifs is 1. The molecule has 2 heterocycles. The van der Waals surface area contributed by atoms with Crippen molar-refractivity contribution in [2.75, 3.05) is 32.9 Å². The molecule has 1 atom stereocenters. The van der Waals surface area contributed by atoms with Crippen molar-refractivity contribution in [3.8, 4) is 0 Å². The number of alkyl halides is 1. The fourth-order valence-electron chi connectivity index (χ4n) is 5.23. The van der Waals surface area contributed by atoms with Gasteiger partial charge in [0.2, 0.25) is 0 Å². The van der Waals surface area contributed by atoms with Gasteiger partial charge < -0.3 is 19.1 Å². The minimum absolute atomic E-state index is 0.201. The standard InChI is InChI=1S/C32H44ClF2N3O4Si/c1-31(2,3)42-30(39)37-13-11-32(12-14-37,24-7-9-26(34)10-8-24)21-41-20-28(35)27-18-25(33)17-23-19-38(36-29(23)27)22-40-15-16-43(4,5)6/h7-10,17-19,28H,11-16,20-22H2,1-6H3. The monoisotopic (exact) mass is 635 g/mol. The molecule has 0 saturated carbocycles. The summed E-state index contributed by atoms with van der Waals surface area (Å²) in [7, 11) is -1.21. The van der Waals surface area contributed by atoms with E-state index in [4.69, 9.17) is 25.8 Å². The van der Waals surface area contributed by atoms with Gasteiger partial charge in [0.05, 0.1) is 18.7 Å². The van der Waals surface area contributed by atoms with Crippen LogP contribution in [0.4, 0.5) is 13.6 Å². The van der Waals surface area contributed by atoms with Crippen LogP contribution in [0.3, 0.4) is 0 Å². The van der Waals surface area contributed by atoms with Gasteiger partial charge in [-0.05, 0) is 69.5 Å². The van der Waals surface area contributed by atoms with E-state index in [0.717, 1.165) is 17.0 Å². The number of rotatable bonds is 11. The second-order valence-electron chi connectivity index (χ2n) is 13.7. The molecule has 2 aromatic carbocycles. The fourth-order valence-corrected chi connectivity index (χ4v) is 6.22. The molecule has 0 bridgehead atoms. The summed E-state index contributed by atoms with van der Waals surface area (Å²) in [5, 5.41) is 5.74. The highest BCUT2D eigenvalue weighted by Crippen LogP contribution is 2.37. The minimum Gasteiger partial charge on any atom is -0.444 e. The number of carbonyl (C=O) groups is 1. The fraction of sp³-hybridized carbons (Fsp3) is 0.562. The largest absolute Gasteiger partial charge is 0.444 e. The third kappa shape index (κ3) is 9.23. The van der Waals surface area contributed by atoms with Gasteiger partial charge in [-0.3, -0.25) is 0 Å². The number of piperidine rings is 1. The molecule has 1 aliphatic rings. The summed E-state index contributed by atoms with van der Waals surface area (Å²) in [6.07, 6.45) is 1.12. The van der Waals surface area contributed by atoms with E-state index in [2.05, 4.69) is 24.7 Å². The van der Waals surface area contributed by atoms with Crippen molar-refractivity contribution >= 4 is 36.7 Å². The Morgan fingerprint density at radius 2 is 1.79 bits per heavy atom. The molecule has 7 nitrogen and oxygen atoms in total. The molecular formula is C32H44ClF2N3O4Si. The number of likely N-dealkylation sites (tertiary alicyclic amines) is 1. The van der Waals surface area contributed by atoms with E-state index in [1.807, 2.05) is 27.0 Å². The molecule has 0 radical (unpaired) electrons. The average Bonchev–Trinajstić information content (AvgIpc) is 3.32. The number of hydrogen-bond donors (Lipinski definition) is 0. The lowest BCUT2D eigenvalue weighted by Gasteiger charge is -2.42. The number of benzene rings is 2. The molecule has 236 valence electrons. The van der Waals surface area contributed by atoms with Gasteiger partial charge in [0.15, 0.2) is 6.17 Å². The summed E-state index contributed by atoms with van der Waals surface area (Å²) in [5.41, 5.74) is 0.674. The van der Waals surface area contributed by atoms with Crippen LogP contribution in [-0.4, -0.2) is 67.4 Å². The summed E-state index contributed by atoms with van der Waals surface area (Å²) in [5.74, 6) is -0.333. The molecule has 1 amide bonds. The van der Waals surface area contributed by atoms with Crippen molar-refractivity contribution in [2.45, 2.75) is 83.2 Å². The van der Waals surface area contributed by atoms with Gasteiger partial charge in [0, 0.05) is 55.4 Å². The van der Waals surface area contributed by atoms with Crippen LogP contribution in [0.1, 0.15) is 50.9 Å². The van der Waals surface area contributed by atoms with Crippen LogP contribution in [0.2, 0.25) is 30.7 Å². The first-order chi connectivity index (χ1) is 20.1. The quantitative estimate of drug-likeness (QED) is 0.157. The van der Waals surface area contributed by atoms with E-state index in [-0.39, 0.29) is 31.9 Å². The number of carbonyl (C=O) groups excluding carboxylic acids is 1. The highest BCUT2D eigenvalue weighted by molar-refractivity contribution is 6.76. The summed E-state index contributed by atoms with van der Waals surface area (Å²) in [6, 6.07) is 10.7. The van der Waals surface area contributed by atoms with Crippen molar-refractivity contribution in [2.24, 2.45) is 0 Å². The zero-order valence-electron chi connectivity index (χ0n) is 26.1. The smallest absolute Gasteiger partial charge is 0.410 e. The summed E-state index contributed by atoms with van der Waals surface area (Å²) in [6.45, 7) is 14.2. The molecule has 1 aromatic heterocycles. The lowest BCUT2D eigenvalue weighted by molar-refractivity contribution is -0.000904. The topological polar surface area (TPSA) is 65.8 Å². The molecule has 0 aliphatic carbocycles. The number of halogens is 3. The van der Waals surface area contributed by atoms with Crippen LogP contribution < -0.4 is 0 Å². The van der Waals surface area contributed by atoms with Gasteiger partial charge >= 0.3 is 6.09 Å². The first kappa shape index (κ1) is 33.4. The maximum atomic E-state index is 15.8. The third-order valence-corrected chi connectivity index (χ3v) is 9.60. The predicted molar refractivity (Wildman–Crippen MR) is 169 cm³/mol. The Labute approximate surface area is 259 Å². The average molecular weight is 636 g/mol. The van der Waals surface area contributed by atoms with E-state index in [0.29, 0.717) is 48.6 Å². The molecular weight excluding hydrogens is 592 g/mol. The second-order valence-corrected chi connectivity index (χ2v) is 19.7. The van der Waals surface area contributed by atoms with Gasteiger partial charge in [-0.15, -0.1) is 0 Å². The van der Waals surface area contributed by atoms with Gasteiger partial charge in [-0.2, -0.15) is 5.10 Å². The van der Waals surface area contributed by atoms with Gasteiger partial charge in [0.25, 0.3) is 0 Å². The lowest BCUT2D eigenvalue weighted by atomic mass is 9.73. The predicted octanol–water partition coefficient (Wildman–Crippen LogP) is 8.14. The summed E-state index contributed by atoms with van der Waals surface area (Å²) in [4.78, 5) is 14.3. The van der Waals surface area contributed by atoms with Gasteiger partial charge in [0.1, 0.15) is 18.1 Å². The molecule has 0 N–H and O–H groups in total. The van der Waals surface area contributed by atoms with E-state index in [1.54, 1.807) is 33.8 Å². The highest BCUT2D eigenvalue weighted by atomic mass is 35.5. The second kappa shape index (κ2) is 13.6. The number of hydrogen-bond acceptors (Lipinski definition) is 5. The lowest BCUT2D eigenvalue weighted by Crippen LogP contribution is -2.48. The summed E-state index contributed by atoms with van der Waals surface area (Å²) < 4.78 is 48.6. The van der Waals surface area contributed by atoms with Crippen molar-refractivity contribution in [3.63, 3.8) is 0 Å². The van der Waals surface area contributed by atoms with Crippen LogP contribution in [0.15, 0.2) is 42.6 Å². The van der Waals surface area contributed by atoms with Crippen LogP contribution >= 0.6 is 11.6 Å². The Kier molecular flexibility index (Phi) is 10.6. The SMILES string of the molecule is CC(C)(C)OC(=O)N1CCC(COCC(F)c2cc(Cl)cc3cn(COCC[Si](C)(C)C)nc23)(c2ccc(F)cc2)CC1. The van der Waals surface area contributed by atoms with E-state index in [1.165, 1.54) is 12.1 Å². The van der Waals surface area contributed by atoms with Crippen LogP contribution in [0.25, 0.3) is 10.9 Å². The van der Waals surface area contributed by atoms with Crippen molar-refractivity contribution in [1.29, 1.82) is 0 Å². The first-order valence-electron chi connectivity index (χ1n) is 14.8. The summed E-state index contributed by atoms with van der Waals surface area (Å²) >= 11 is 6.36. The number of amides is 1. The molecule has 0 spiro atoms. The van der Waals surface area contributed by atoms with Crippen molar-refractivity contribution in [1.82, 2.24) is 14.7 Å². The van der Waals surface area contributed by atoms with Crippen LogP contribution in [0, 0.1) is 5.82 Å². The zero-order chi connectivity index (χ0) is 31.4. The van der Waals surface area contributed by atoms with Crippen molar-refractivity contribution in [3.05, 3.63) is 64.6 Å². The normalized spacial score (nSPS) is 16.4. The third-order valence-electron chi connectivity index (χ3n) is 7.68. The number of aromatic nitrogens is 2. The van der Waals surface area contributed by atoms with E-state index in [9.17, 15) is 9.18 Å². The van der Waals surface area contributed by atoms with E-state index >= 15 is 4.39 Å². The first-order valence-corrected chi connectivity index (χ1v) is 18.9. The van der Waals surface area contributed by atoms with E-state index < -0.39 is 25.3 Å². The minimum atomic E-state index is -1.47. The molecule has 1 saturated heterocycles. The zero-order valence-corrected chi connectivity index (χ0v) is 27.8. The molecule has 1 aliphatic heterocycles. The van der Waals surface area contributed by atoms with Crippen LogP contribution in [0.5, 0.6) is 0 Å². The molecule has 1 fully saturated rings. The molecule has 1 unspecified atom stereocenters. The molecule has 4 rings (SSSR count). The highest BCUT2D eigenvalue weighted by Gasteiger charge is 2.39. The Morgan fingerprint density at radius 1 is 1.12 bits per heavy atom. The van der Waals surface area contributed by atoms with Crippen molar-refractivity contribution < 1.29 is 27.8 Å². The Bertz CT molecular complexity index is 1380. The molecule has 43 heavy (non-hydrogen) atoms. The maximum Gasteiger partial charge on any atom is 0.410 e. The van der Waals surface area contributed by atoms with Gasteiger partial charge in [-0.1, -0.05) is 43.4 Å². The Balaban J connectivity index is 1.44. The number of ether oxygens (including phenoxy) is 3. The van der Waals surface area contributed by atoms with Gasteiger partial charge in [-0.25, -0.2) is 18.3 Å². The maximum absolute atomic E-state index is 15.8. The molecule has 11 heteroatoms. The molecule has 3 aromatic rings. The van der Waals surface area contributed by atoms with Crippen LogP contribution in [-0.2, 0) is 26.4 Å². The Morgan fingerprint density at radius 3 is 2.42 bits per heavy atom. The Hall–Kier alpha value is -2.53. The number of nitrogens with zero attached hydrogens (tertiary/aromatic N) is 3.